The standard InChI is InChI=1S/C9H19NO2/c1-3-4-8-5-10-6-9(12-8)7-11-2/h8-10H,3-7H2,1-2H3. The minimum atomic E-state index is 0.250. The molecule has 0 aliphatic carbocycles. The van der Waals surface area contributed by atoms with Crippen LogP contribution < -0.4 is 5.32 Å². The van der Waals surface area contributed by atoms with Crippen molar-refractivity contribution in [3.05, 3.63) is 0 Å². The topological polar surface area (TPSA) is 30.5 Å². The monoisotopic (exact) mass is 173 g/mol. The zero-order valence-corrected chi connectivity index (χ0v) is 8.01. The third-order valence-corrected chi connectivity index (χ3v) is 2.09. The average molecular weight is 173 g/mol. The van der Waals surface area contributed by atoms with Gasteiger partial charge >= 0.3 is 0 Å². The zero-order chi connectivity index (χ0) is 8.81. The maximum Gasteiger partial charge on any atom is 0.0936 e. The van der Waals surface area contributed by atoms with Gasteiger partial charge in [0.15, 0.2) is 0 Å². The van der Waals surface area contributed by atoms with E-state index in [4.69, 9.17) is 9.47 Å². The summed E-state index contributed by atoms with van der Waals surface area (Å²) in [6.07, 6.45) is 2.98. The Labute approximate surface area is 74.4 Å². The van der Waals surface area contributed by atoms with E-state index >= 15 is 0 Å². The first kappa shape index (κ1) is 9.96. The molecular formula is C9H19NO2. The van der Waals surface area contributed by atoms with Gasteiger partial charge in [-0.05, 0) is 6.42 Å². The van der Waals surface area contributed by atoms with Crippen LogP contribution >= 0.6 is 0 Å². The molecule has 0 spiro atoms. The lowest BCUT2D eigenvalue weighted by Gasteiger charge is -2.30. The van der Waals surface area contributed by atoms with Crippen molar-refractivity contribution >= 4 is 0 Å². The molecule has 1 heterocycles. The van der Waals surface area contributed by atoms with Gasteiger partial charge in [0, 0.05) is 20.2 Å². The van der Waals surface area contributed by atoms with E-state index in [1.54, 1.807) is 7.11 Å². The second-order valence-electron chi connectivity index (χ2n) is 3.28. The van der Waals surface area contributed by atoms with Gasteiger partial charge in [-0.1, -0.05) is 13.3 Å². The van der Waals surface area contributed by atoms with Gasteiger partial charge in [0.2, 0.25) is 0 Å². The van der Waals surface area contributed by atoms with Gasteiger partial charge in [-0.25, -0.2) is 0 Å². The van der Waals surface area contributed by atoms with Crippen molar-refractivity contribution in [2.75, 3.05) is 26.8 Å². The molecule has 0 saturated carbocycles. The van der Waals surface area contributed by atoms with Crippen molar-refractivity contribution in [2.45, 2.75) is 32.0 Å². The SMILES string of the molecule is CCCC1CNCC(COC)O1. The van der Waals surface area contributed by atoms with E-state index in [1.165, 1.54) is 6.42 Å². The number of rotatable bonds is 4. The lowest BCUT2D eigenvalue weighted by molar-refractivity contribution is -0.0706. The van der Waals surface area contributed by atoms with Crippen molar-refractivity contribution < 1.29 is 9.47 Å². The van der Waals surface area contributed by atoms with Crippen LogP contribution in [0.1, 0.15) is 19.8 Å². The van der Waals surface area contributed by atoms with Crippen LogP contribution in [0, 0.1) is 0 Å². The maximum absolute atomic E-state index is 5.78. The van der Waals surface area contributed by atoms with E-state index in [1.807, 2.05) is 0 Å². The predicted octanol–water partition coefficient (Wildman–Crippen LogP) is 0.790. The lowest BCUT2D eigenvalue weighted by Crippen LogP contribution is -2.46. The van der Waals surface area contributed by atoms with Gasteiger partial charge in [0.1, 0.15) is 0 Å². The molecular weight excluding hydrogens is 154 g/mol. The fourth-order valence-electron chi connectivity index (χ4n) is 1.55. The molecule has 3 heteroatoms. The summed E-state index contributed by atoms with van der Waals surface area (Å²) in [7, 11) is 1.72. The van der Waals surface area contributed by atoms with Crippen LogP contribution in [0.15, 0.2) is 0 Å². The minimum Gasteiger partial charge on any atom is -0.382 e. The van der Waals surface area contributed by atoms with Crippen LogP contribution in [0.2, 0.25) is 0 Å². The third kappa shape index (κ3) is 3.09. The molecule has 1 N–H and O–H groups in total. The Morgan fingerprint density at radius 2 is 2.17 bits per heavy atom. The molecule has 1 aliphatic rings. The van der Waals surface area contributed by atoms with Gasteiger partial charge in [-0.15, -0.1) is 0 Å². The minimum absolute atomic E-state index is 0.250. The van der Waals surface area contributed by atoms with Crippen LogP contribution in [0.3, 0.4) is 0 Å². The van der Waals surface area contributed by atoms with Crippen molar-refractivity contribution in [3.63, 3.8) is 0 Å². The van der Waals surface area contributed by atoms with Crippen molar-refractivity contribution in [1.29, 1.82) is 0 Å². The van der Waals surface area contributed by atoms with Crippen LogP contribution in [-0.2, 0) is 9.47 Å². The third-order valence-electron chi connectivity index (χ3n) is 2.09. The number of nitrogens with one attached hydrogen (secondary N) is 1. The van der Waals surface area contributed by atoms with Crippen molar-refractivity contribution in [2.24, 2.45) is 0 Å². The molecule has 0 amide bonds. The summed E-state index contributed by atoms with van der Waals surface area (Å²) in [4.78, 5) is 0. The van der Waals surface area contributed by atoms with Crippen LogP contribution in [0.25, 0.3) is 0 Å². The molecule has 1 fully saturated rings. The van der Waals surface area contributed by atoms with E-state index < -0.39 is 0 Å². The molecule has 0 bridgehead atoms. The molecule has 1 aliphatic heterocycles. The van der Waals surface area contributed by atoms with Gasteiger partial charge in [0.05, 0.1) is 18.8 Å². The molecule has 0 aromatic rings. The first-order chi connectivity index (χ1) is 5.86. The molecule has 12 heavy (non-hydrogen) atoms. The Balaban J connectivity index is 2.20. The highest BCUT2D eigenvalue weighted by Crippen LogP contribution is 2.09. The van der Waals surface area contributed by atoms with E-state index in [0.29, 0.717) is 12.7 Å². The number of ether oxygens (including phenoxy) is 2. The highest BCUT2D eigenvalue weighted by atomic mass is 16.5. The first-order valence-corrected chi connectivity index (χ1v) is 4.72. The maximum atomic E-state index is 5.78. The Morgan fingerprint density at radius 3 is 2.83 bits per heavy atom. The van der Waals surface area contributed by atoms with Gasteiger partial charge in [0.25, 0.3) is 0 Å². The summed E-state index contributed by atoms with van der Waals surface area (Å²) >= 11 is 0. The number of methoxy groups -OCH3 is 1. The molecule has 0 radical (unpaired) electrons. The van der Waals surface area contributed by atoms with E-state index in [2.05, 4.69) is 12.2 Å². The summed E-state index contributed by atoms with van der Waals surface area (Å²) in [6.45, 7) is 4.80. The quantitative estimate of drug-likeness (QED) is 0.682. The van der Waals surface area contributed by atoms with Crippen LogP contribution in [-0.4, -0.2) is 39.0 Å². The number of hydrogen-bond donors (Lipinski definition) is 1. The first-order valence-electron chi connectivity index (χ1n) is 4.72. The van der Waals surface area contributed by atoms with E-state index in [0.717, 1.165) is 19.5 Å². The predicted molar refractivity (Wildman–Crippen MR) is 48.3 cm³/mol. The molecule has 1 saturated heterocycles. The summed E-state index contributed by atoms with van der Waals surface area (Å²) in [6, 6.07) is 0. The Bertz CT molecular complexity index is 103. The Kier molecular flexibility index (Phi) is 4.58. The van der Waals surface area contributed by atoms with E-state index in [-0.39, 0.29) is 6.10 Å². The smallest absolute Gasteiger partial charge is 0.0936 e. The molecule has 72 valence electrons. The van der Waals surface area contributed by atoms with Crippen molar-refractivity contribution in [1.82, 2.24) is 5.32 Å². The summed E-state index contributed by atoms with van der Waals surface area (Å²) < 4.78 is 10.8. The fourth-order valence-corrected chi connectivity index (χ4v) is 1.55. The van der Waals surface area contributed by atoms with Crippen LogP contribution in [0.5, 0.6) is 0 Å². The molecule has 1 rings (SSSR count). The molecule has 0 aromatic heterocycles. The molecule has 0 aromatic carbocycles. The largest absolute Gasteiger partial charge is 0.382 e. The number of hydrogen-bond acceptors (Lipinski definition) is 3. The molecule has 2 atom stereocenters. The zero-order valence-electron chi connectivity index (χ0n) is 8.01. The Hall–Kier alpha value is -0.120. The van der Waals surface area contributed by atoms with Gasteiger partial charge in [-0.3, -0.25) is 0 Å². The molecule has 3 nitrogen and oxygen atoms in total. The van der Waals surface area contributed by atoms with E-state index in [9.17, 15) is 0 Å². The van der Waals surface area contributed by atoms with Gasteiger partial charge in [-0.2, -0.15) is 0 Å². The second kappa shape index (κ2) is 5.51. The van der Waals surface area contributed by atoms with Crippen molar-refractivity contribution in [3.8, 4) is 0 Å². The summed E-state index contributed by atoms with van der Waals surface area (Å²) in [5.41, 5.74) is 0. The van der Waals surface area contributed by atoms with Crippen LogP contribution in [0.4, 0.5) is 0 Å². The van der Waals surface area contributed by atoms with Gasteiger partial charge < -0.3 is 14.8 Å². The highest BCUT2D eigenvalue weighted by Gasteiger charge is 2.20. The lowest BCUT2D eigenvalue weighted by atomic mass is 10.1. The fraction of sp³-hybridized carbons (Fsp3) is 1.00. The Morgan fingerprint density at radius 1 is 1.42 bits per heavy atom. The second-order valence-corrected chi connectivity index (χ2v) is 3.28. The summed E-state index contributed by atoms with van der Waals surface area (Å²) in [5, 5.41) is 3.35. The molecule has 2 unspecified atom stereocenters. The number of morpholine rings is 1. The highest BCUT2D eigenvalue weighted by molar-refractivity contribution is 4.73. The normalized spacial score (nSPS) is 30.5. The summed E-state index contributed by atoms with van der Waals surface area (Å²) in [5.74, 6) is 0. The average Bonchev–Trinajstić information content (AvgIpc) is 2.06.